The highest BCUT2D eigenvalue weighted by atomic mass is 35.5. The van der Waals surface area contributed by atoms with Crippen LogP contribution in [0.5, 0.6) is 5.75 Å². The fourth-order valence-electron chi connectivity index (χ4n) is 1.99. The zero-order valence-corrected chi connectivity index (χ0v) is 13.2. The van der Waals surface area contributed by atoms with Crippen LogP contribution in [0.4, 0.5) is 0 Å². The van der Waals surface area contributed by atoms with E-state index in [1.165, 1.54) is 0 Å². The number of aromatic nitrogens is 1. The minimum absolute atomic E-state index is 0.133. The molecule has 0 aliphatic heterocycles. The molecule has 0 saturated heterocycles. The van der Waals surface area contributed by atoms with Gasteiger partial charge in [0.2, 0.25) is 0 Å². The summed E-state index contributed by atoms with van der Waals surface area (Å²) in [7, 11) is 0. The highest BCUT2D eigenvalue weighted by molar-refractivity contribution is 6.30. The molecule has 0 spiro atoms. The van der Waals surface area contributed by atoms with Crippen molar-refractivity contribution in [2.45, 2.75) is 26.3 Å². The van der Waals surface area contributed by atoms with Gasteiger partial charge < -0.3 is 10.1 Å². The Kier molecular flexibility index (Phi) is 6.03. The zero-order valence-electron chi connectivity index (χ0n) is 12.5. The summed E-state index contributed by atoms with van der Waals surface area (Å²) in [4.78, 5) is 4.36. The molecule has 1 aromatic heterocycles. The van der Waals surface area contributed by atoms with Crippen LogP contribution in [0.3, 0.4) is 0 Å². The van der Waals surface area contributed by atoms with Crippen LogP contribution < -0.4 is 10.1 Å². The van der Waals surface area contributed by atoms with Gasteiger partial charge in [-0.3, -0.25) is 4.98 Å². The monoisotopic (exact) mass is 304 g/mol. The molecule has 21 heavy (non-hydrogen) atoms. The van der Waals surface area contributed by atoms with Gasteiger partial charge in [-0.25, -0.2) is 0 Å². The Balaban J connectivity index is 2.02. The van der Waals surface area contributed by atoms with Gasteiger partial charge >= 0.3 is 0 Å². The molecule has 1 atom stereocenters. The van der Waals surface area contributed by atoms with Crippen molar-refractivity contribution in [2.75, 3.05) is 13.2 Å². The van der Waals surface area contributed by atoms with Gasteiger partial charge in [0.1, 0.15) is 12.4 Å². The van der Waals surface area contributed by atoms with Crippen LogP contribution in [0.15, 0.2) is 42.6 Å². The molecule has 1 unspecified atom stereocenters. The van der Waals surface area contributed by atoms with Crippen LogP contribution in [-0.2, 0) is 0 Å². The molecular formula is C17H21ClN2O. The quantitative estimate of drug-likeness (QED) is 0.834. The van der Waals surface area contributed by atoms with Crippen molar-refractivity contribution in [1.82, 2.24) is 10.3 Å². The number of rotatable bonds is 7. The lowest BCUT2D eigenvalue weighted by molar-refractivity contribution is 0.266. The van der Waals surface area contributed by atoms with E-state index in [-0.39, 0.29) is 6.04 Å². The lowest BCUT2D eigenvalue weighted by Gasteiger charge is -2.19. The Bertz CT molecular complexity index is 540. The predicted octanol–water partition coefficient (Wildman–Crippen LogP) is 4.16. The van der Waals surface area contributed by atoms with Crippen molar-refractivity contribution in [1.29, 1.82) is 0 Å². The van der Waals surface area contributed by atoms with Gasteiger partial charge in [-0.15, -0.1) is 0 Å². The maximum absolute atomic E-state index is 5.88. The summed E-state index contributed by atoms with van der Waals surface area (Å²) >= 11 is 5.88. The van der Waals surface area contributed by atoms with Crippen LogP contribution >= 0.6 is 11.6 Å². The fourth-order valence-corrected chi connectivity index (χ4v) is 2.11. The van der Waals surface area contributed by atoms with E-state index in [4.69, 9.17) is 16.3 Å². The molecule has 2 rings (SSSR count). The largest absolute Gasteiger partial charge is 0.492 e. The van der Waals surface area contributed by atoms with Gasteiger partial charge in [0.05, 0.1) is 6.04 Å². The minimum Gasteiger partial charge on any atom is -0.492 e. The summed E-state index contributed by atoms with van der Waals surface area (Å²) in [5.74, 6) is 0.822. The van der Waals surface area contributed by atoms with Gasteiger partial charge in [0, 0.05) is 16.9 Å². The number of aryl methyl sites for hydroxylation is 1. The molecule has 0 fully saturated rings. The highest BCUT2D eigenvalue weighted by Gasteiger charge is 2.12. The second kappa shape index (κ2) is 8.01. The van der Waals surface area contributed by atoms with Gasteiger partial charge in [0.15, 0.2) is 0 Å². The van der Waals surface area contributed by atoms with Crippen LogP contribution in [0.25, 0.3) is 0 Å². The first kappa shape index (κ1) is 15.8. The van der Waals surface area contributed by atoms with Crippen LogP contribution in [0, 0.1) is 6.92 Å². The third-order valence-corrected chi connectivity index (χ3v) is 3.46. The first-order valence-electron chi connectivity index (χ1n) is 7.23. The number of hydrogen-bond donors (Lipinski definition) is 1. The summed E-state index contributed by atoms with van der Waals surface area (Å²) in [5.41, 5.74) is 2.16. The Hall–Kier alpha value is -1.58. The first-order valence-corrected chi connectivity index (χ1v) is 7.61. The van der Waals surface area contributed by atoms with Crippen molar-refractivity contribution in [2.24, 2.45) is 0 Å². The van der Waals surface area contributed by atoms with Crippen LogP contribution in [0.2, 0.25) is 5.02 Å². The van der Waals surface area contributed by atoms with E-state index in [1.54, 1.807) is 0 Å². The minimum atomic E-state index is 0.133. The molecule has 0 saturated carbocycles. The van der Waals surface area contributed by atoms with Crippen molar-refractivity contribution in [3.05, 3.63) is 58.9 Å². The number of halogens is 1. The molecule has 1 aromatic carbocycles. The van der Waals surface area contributed by atoms with E-state index in [0.717, 1.165) is 30.0 Å². The van der Waals surface area contributed by atoms with E-state index in [1.807, 2.05) is 43.5 Å². The number of pyridine rings is 1. The lowest BCUT2D eigenvalue weighted by Crippen LogP contribution is -2.27. The van der Waals surface area contributed by atoms with E-state index in [2.05, 4.69) is 23.3 Å². The summed E-state index contributed by atoms with van der Waals surface area (Å²) < 4.78 is 5.86. The molecule has 0 aliphatic rings. The number of ether oxygens (including phenoxy) is 1. The van der Waals surface area contributed by atoms with E-state index >= 15 is 0 Å². The number of nitrogens with one attached hydrogen (secondary N) is 1. The van der Waals surface area contributed by atoms with Gasteiger partial charge in [-0.1, -0.05) is 24.6 Å². The number of benzene rings is 1. The van der Waals surface area contributed by atoms with Gasteiger partial charge in [0.25, 0.3) is 0 Å². The van der Waals surface area contributed by atoms with E-state index < -0.39 is 0 Å². The molecule has 112 valence electrons. The molecule has 4 heteroatoms. The molecule has 0 amide bonds. The fraction of sp³-hybridized carbons (Fsp3) is 0.353. The second-order valence-electron chi connectivity index (χ2n) is 5.00. The van der Waals surface area contributed by atoms with Gasteiger partial charge in [-0.05, 0) is 55.8 Å². The number of nitrogens with zero attached hydrogens (tertiary/aromatic N) is 1. The lowest BCUT2D eigenvalue weighted by atomic mass is 10.1. The predicted molar refractivity (Wildman–Crippen MR) is 87.0 cm³/mol. The molecule has 0 radical (unpaired) electrons. The third kappa shape index (κ3) is 5.03. The van der Waals surface area contributed by atoms with Crippen LogP contribution in [-0.4, -0.2) is 18.1 Å². The first-order chi connectivity index (χ1) is 10.2. The smallest absolute Gasteiger partial charge is 0.119 e. The van der Waals surface area contributed by atoms with Crippen molar-refractivity contribution in [3.8, 4) is 5.75 Å². The average molecular weight is 305 g/mol. The number of hydrogen-bond acceptors (Lipinski definition) is 3. The van der Waals surface area contributed by atoms with E-state index in [0.29, 0.717) is 11.6 Å². The van der Waals surface area contributed by atoms with Crippen molar-refractivity contribution in [3.63, 3.8) is 0 Å². The maximum atomic E-state index is 5.88. The standard InChI is InChI=1S/C17H21ClN2O/c1-3-10-19-17(14-5-4-13(2)20-11-14)12-21-16-8-6-15(18)7-9-16/h4-9,11,17,19H,3,10,12H2,1-2H3. The Morgan fingerprint density at radius 2 is 1.95 bits per heavy atom. The van der Waals surface area contributed by atoms with Crippen LogP contribution in [0.1, 0.15) is 30.6 Å². The molecule has 1 heterocycles. The topological polar surface area (TPSA) is 34.1 Å². The highest BCUT2D eigenvalue weighted by Crippen LogP contribution is 2.18. The van der Waals surface area contributed by atoms with Crippen molar-refractivity contribution >= 4 is 11.6 Å². The summed E-state index contributed by atoms with van der Waals surface area (Å²) in [6.07, 6.45) is 2.99. The average Bonchev–Trinajstić information content (AvgIpc) is 2.50. The molecule has 3 nitrogen and oxygen atoms in total. The molecule has 0 aliphatic carbocycles. The summed E-state index contributed by atoms with van der Waals surface area (Å²) in [5, 5.41) is 4.21. The Morgan fingerprint density at radius 1 is 1.19 bits per heavy atom. The molecular weight excluding hydrogens is 284 g/mol. The zero-order chi connectivity index (χ0) is 15.1. The molecule has 0 bridgehead atoms. The normalized spacial score (nSPS) is 12.1. The SMILES string of the molecule is CCCNC(COc1ccc(Cl)cc1)c1ccc(C)nc1. The molecule has 2 aromatic rings. The summed E-state index contributed by atoms with van der Waals surface area (Å²) in [6.45, 7) is 5.65. The Labute approximate surface area is 131 Å². The Morgan fingerprint density at radius 3 is 2.57 bits per heavy atom. The van der Waals surface area contributed by atoms with E-state index in [9.17, 15) is 0 Å². The second-order valence-corrected chi connectivity index (χ2v) is 5.44. The van der Waals surface area contributed by atoms with Gasteiger partial charge in [-0.2, -0.15) is 0 Å². The summed E-state index contributed by atoms with van der Waals surface area (Å²) in [6, 6.07) is 11.7. The third-order valence-electron chi connectivity index (χ3n) is 3.21. The van der Waals surface area contributed by atoms with Crippen molar-refractivity contribution < 1.29 is 4.74 Å². The molecule has 1 N–H and O–H groups in total. The maximum Gasteiger partial charge on any atom is 0.119 e.